The third kappa shape index (κ3) is 9.54. The van der Waals surface area contributed by atoms with Crippen LogP contribution >= 0.6 is 0 Å². The molecule has 7 nitrogen and oxygen atoms in total. The highest BCUT2D eigenvalue weighted by molar-refractivity contribution is 6.00. The molecule has 0 radical (unpaired) electrons. The molecule has 0 saturated carbocycles. The van der Waals surface area contributed by atoms with Crippen molar-refractivity contribution in [2.45, 2.75) is 93.7 Å². The lowest BCUT2D eigenvalue weighted by Crippen LogP contribution is -2.40. The van der Waals surface area contributed by atoms with Crippen LogP contribution in [-0.2, 0) is 14.2 Å². The molecular formula is C33H49NO6. The topological polar surface area (TPSA) is 74.3 Å². The molecule has 0 aromatic heterocycles. The van der Waals surface area contributed by atoms with Crippen LogP contribution in [0, 0.1) is 17.8 Å². The van der Waals surface area contributed by atoms with Crippen LogP contribution in [0.1, 0.15) is 92.1 Å². The highest BCUT2D eigenvalue weighted by Crippen LogP contribution is 2.38. The predicted molar refractivity (Wildman–Crippen MR) is 162 cm³/mol. The molecule has 2 rings (SSSR count). The van der Waals surface area contributed by atoms with E-state index in [0.717, 1.165) is 0 Å². The van der Waals surface area contributed by atoms with Gasteiger partial charge in [0.15, 0.2) is 0 Å². The largest absolute Gasteiger partial charge is 0.452 e. The summed E-state index contributed by atoms with van der Waals surface area (Å²) in [7, 11) is 0. The van der Waals surface area contributed by atoms with Gasteiger partial charge in [-0.25, -0.2) is 9.59 Å². The van der Waals surface area contributed by atoms with Gasteiger partial charge < -0.3 is 18.9 Å². The average Bonchev–Trinajstić information content (AvgIpc) is 2.82. The lowest BCUT2D eigenvalue weighted by Gasteiger charge is -2.33. The van der Waals surface area contributed by atoms with E-state index < -0.39 is 23.5 Å². The number of fused-ring (bicyclic) bond motifs is 1. The molecule has 3 atom stereocenters. The Morgan fingerprint density at radius 1 is 1.00 bits per heavy atom. The van der Waals surface area contributed by atoms with Crippen molar-refractivity contribution in [2.75, 3.05) is 18.1 Å². The number of esters is 1. The fourth-order valence-corrected chi connectivity index (χ4v) is 4.09. The smallest absolute Gasteiger partial charge is 0.414 e. The SMILES string of the molecule is CCO[C@@H](C=C/C=C/c1cc(N(CC)C(=O)OC(C)(C)C)cc2c1C(=O)OC(C)(C)O2)[C@@H](C)/C=C\[C@@H](C)C(C)C. The molecule has 1 heterocycles. The number of amides is 1. The molecule has 1 aliphatic rings. The zero-order valence-corrected chi connectivity index (χ0v) is 26.2. The standard InChI is InChI=1S/C33H49NO6/c1-12-34(31(36)40-32(7,8)9)26-20-25(29-28(21-26)38-33(10,11)39-30(29)35)16-14-15-17-27(37-13-2)24(6)19-18-23(5)22(3)4/h14-24,27H,12-13H2,1-11H3/b16-14+,17-15?,19-18-/t23-,24+,27+/m1/s1. The molecule has 1 aromatic rings. The lowest BCUT2D eigenvalue weighted by molar-refractivity contribution is -0.127. The Labute approximate surface area is 241 Å². The minimum absolute atomic E-state index is 0.0950. The van der Waals surface area contributed by atoms with Gasteiger partial charge in [0.1, 0.15) is 16.9 Å². The maximum absolute atomic E-state index is 13.0. The molecule has 40 heavy (non-hydrogen) atoms. The van der Waals surface area contributed by atoms with Crippen LogP contribution in [0.2, 0.25) is 0 Å². The number of carbonyl (C=O) groups excluding carboxylic acids is 2. The van der Waals surface area contributed by atoms with Gasteiger partial charge in [0.25, 0.3) is 0 Å². The number of cyclic esters (lactones) is 1. The van der Waals surface area contributed by atoms with Crippen LogP contribution in [0.15, 0.2) is 42.5 Å². The van der Waals surface area contributed by atoms with Crippen molar-refractivity contribution in [3.8, 4) is 5.75 Å². The Bertz CT molecular complexity index is 1110. The molecule has 0 aliphatic carbocycles. The third-order valence-electron chi connectivity index (χ3n) is 6.59. The van der Waals surface area contributed by atoms with Gasteiger partial charge in [-0.05, 0) is 58.1 Å². The Hall–Kier alpha value is -3.06. The molecule has 0 bridgehead atoms. The Kier molecular flexibility index (Phi) is 11.6. The second kappa shape index (κ2) is 14.0. The quantitative estimate of drug-likeness (QED) is 0.156. The fraction of sp³-hybridized carbons (Fsp3) is 0.576. The number of carbonyl (C=O) groups is 2. The van der Waals surface area contributed by atoms with Crippen molar-refractivity contribution in [2.24, 2.45) is 17.8 Å². The lowest BCUT2D eigenvalue weighted by atomic mass is 9.94. The van der Waals surface area contributed by atoms with Crippen LogP contribution < -0.4 is 9.64 Å². The zero-order valence-electron chi connectivity index (χ0n) is 26.2. The van der Waals surface area contributed by atoms with Gasteiger partial charge in [0, 0.05) is 39.0 Å². The monoisotopic (exact) mass is 555 g/mol. The minimum atomic E-state index is -1.13. The number of hydrogen-bond acceptors (Lipinski definition) is 6. The third-order valence-corrected chi connectivity index (χ3v) is 6.59. The molecule has 0 N–H and O–H groups in total. The van der Waals surface area contributed by atoms with Gasteiger partial charge in [-0.15, -0.1) is 0 Å². The van der Waals surface area contributed by atoms with E-state index >= 15 is 0 Å². The highest BCUT2D eigenvalue weighted by atomic mass is 16.7. The number of benzene rings is 1. The van der Waals surface area contributed by atoms with E-state index in [1.165, 1.54) is 4.90 Å². The van der Waals surface area contributed by atoms with Gasteiger partial charge in [0.05, 0.1) is 11.8 Å². The van der Waals surface area contributed by atoms with Crippen LogP contribution in [0.4, 0.5) is 10.5 Å². The van der Waals surface area contributed by atoms with Crippen LogP contribution in [0.3, 0.4) is 0 Å². The summed E-state index contributed by atoms with van der Waals surface area (Å²) in [6.07, 6.45) is 11.5. The summed E-state index contributed by atoms with van der Waals surface area (Å²) in [6, 6.07) is 3.47. The number of hydrogen-bond donors (Lipinski definition) is 0. The summed E-state index contributed by atoms with van der Waals surface area (Å²) in [5.74, 6) is 0.00585. The Morgan fingerprint density at radius 3 is 2.23 bits per heavy atom. The van der Waals surface area contributed by atoms with Crippen molar-refractivity contribution < 1.29 is 28.5 Å². The first-order valence-electron chi connectivity index (χ1n) is 14.3. The van der Waals surface area contributed by atoms with Crippen molar-refractivity contribution in [1.82, 2.24) is 0 Å². The van der Waals surface area contributed by atoms with E-state index in [1.807, 2.05) is 58.9 Å². The van der Waals surface area contributed by atoms with E-state index in [9.17, 15) is 9.59 Å². The highest BCUT2D eigenvalue weighted by Gasteiger charge is 2.36. The van der Waals surface area contributed by atoms with Crippen LogP contribution in [0.25, 0.3) is 6.08 Å². The van der Waals surface area contributed by atoms with Crippen molar-refractivity contribution in [3.63, 3.8) is 0 Å². The summed E-state index contributed by atoms with van der Waals surface area (Å²) in [4.78, 5) is 27.5. The molecule has 1 amide bonds. The predicted octanol–water partition coefficient (Wildman–Crippen LogP) is 8.19. The van der Waals surface area contributed by atoms with Gasteiger partial charge in [-0.3, -0.25) is 4.90 Å². The normalized spacial score (nSPS) is 17.6. The molecule has 0 spiro atoms. The number of anilines is 1. The molecule has 1 aliphatic heterocycles. The summed E-state index contributed by atoms with van der Waals surface area (Å²) >= 11 is 0. The summed E-state index contributed by atoms with van der Waals surface area (Å²) < 4.78 is 23.1. The van der Waals surface area contributed by atoms with Gasteiger partial charge in [-0.1, -0.05) is 64.2 Å². The van der Waals surface area contributed by atoms with Gasteiger partial charge >= 0.3 is 12.1 Å². The first-order chi connectivity index (χ1) is 18.6. The van der Waals surface area contributed by atoms with Crippen LogP contribution in [0.5, 0.6) is 5.75 Å². The second-order valence-electron chi connectivity index (χ2n) is 12.0. The van der Waals surface area contributed by atoms with E-state index in [1.54, 1.807) is 26.0 Å². The van der Waals surface area contributed by atoms with E-state index in [2.05, 4.69) is 39.8 Å². The Balaban J connectivity index is 2.43. The van der Waals surface area contributed by atoms with E-state index in [0.29, 0.717) is 47.6 Å². The maximum Gasteiger partial charge on any atom is 0.414 e. The maximum atomic E-state index is 13.0. The first-order valence-corrected chi connectivity index (χ1v) is 14.3. The fourth-order valence-electron chi connectivity index (χ4n) is 4.09. The molecule has 1 aromatic carbocycles. The van der Waals surface area contributed by atoms with Gasteiger partial charge in [-0.2, -0.15) is 0 Å². The second-order valence-corrected chi connectivity index (χ2v) is 12.0. The number of nitrogens with zero attached hydrogens (tertiary/aromatic N) is 1. The first kappa shape index (κ1) is 33.1. The minimum Gasteiger partial charge on any atom is -0.452 e. The van der Waals surface area contributed by atoms with Crippen LogP contribution in [-0.4, -0.2) is 42.7 Å². The molecule has 0 fully saturated rings. The van der Waals surface area contributed by atoms with E-state index in [4.69, 9.17) is 18.9 Å². The summed E-state index contributed by atoms with van der Waals surface area (Å²) in [5.41, 5.74) is 0.805. The molecule has 7 heteroatoms. The summed E-state index contributed by atoms with van der Waals surface area (Å²) in [5, 5.41) is 0. The molecule has 0 saturated heterocycles. The molecule has 0 unspecified atom stereocenters. The van der Waals surface area contributed by atoms with Crippen molar-refractivity contribution >= 4 is 23.8 Å². The Morgan fingerprint density at radius 2 is 1.65 bits per heavy atom. The van der Waals surface area contributed by atoms with Crippen molar-refractivity contribution in [3.05, 3.63) is 53.6 Å². The molecular weight excluding hydrogens is 506 g/mol. The summed E-state index contributed by atoms with van der Waals surface area (Å²) in [6.45, 7) is 22.4. The number of allylic oxidation sites excluding steroid dienone is 3. The number of rotatable bonds is 11. The van der Waals surface area contributed by atoms with E-state index in [-0.39, 0.29) is 12.0 Å². The van der Waals surface area contributed by atoms with Gasteiger partial charge in [0.2, 0.25) is 5.79 Å². The molecule has 222 valence electrons. The zero-order chi connectivity index (χ0) is 30.3. The van der Waals surface area contributed by atoms with Crippen molar-refractivity contribution in [1.29, 1.82) is 0 Å². The number of ether oxygens (including phenoxy) is 4. The average molecular weight is 556 g/mol.